The first-order valence-corrected chi connectivity index (χ1v) is 11.1. The lowest BCUT2D eigenvalue weighted by Gasteiger charge is -2.17. The molecule has 4 heteroatoms. The maximum Gasteiger partial charge on any atom is 0.150 e. The Morgan fingerprint density at radius 3 is 2.31 bits per heavy atom. The van der Waals surface area contributed by atoms with E-state index in [2.05, 4.69) is 32.2 Å². The van der Waals surface area contributed by atoms with E-state index in [1.807, 2.05) is 54.2 Å². The van der Waals surface area contributed by atoms with Crippen LogP contribution in [0.15, 0.2) is 60.7 Å². The Morgan fingerprint density at radius 2 is 1.66 bits per heavy atom. The molecule has 3 nitrogen and oxygen atoms in total. The van der Waals surface area contributed by atoms with Gasteiger partial charge in [0.1, 0.15) is 23.5 Å². The molecule has 0 saturated carbocycles. The van der Waals surface area contributed by atoms with E-state index >= 15 is 0 Å². The average Bonchev–Trinajstić information content (AvgIpc) is 2.72. The van der Waals surface area contributed by atoms with E-state index < -0.39 is 0 Å². The van der Waals surface area contributed by atoms with Crippen molar-refractivity contribution in [3.05, 3.63) is 77.4 Å². The summed E-state index contributed by atoms with van der Waals surface area (Å²) in [6.07, 6.45) is 3.99. The number of rotatable bonds is 9. The van der Waals surface area contributed by atoms with E-state index in [9.17, 15) is 4.79 Å². The maximum atomic E-state index is 11.4. The third kappa shape index (κ3) is 5.42. The minimum atomic E-state index is 0.622. The second-order valence-corrected chi connectivity index (χ2v) is 7.90. The molecule has 0 bridgehead atoms. The average molecular weight is 407 g/mol. The van der Waals surface area contributed by atoms with Gasteiger partial charge in [-0.25, -0.2) is 0 Å². The Bertz CT molecular complexity index is 944. The van der Waals surface area contributed by atoms with Crippen LogP contribution in [0, 0.1) is 13.8 Å². The Morgan fingerprint density at radius 1 is 0.931 bits per heavy atom. The zero-order chi connectivity index (χ0) is 20.6. The van der Waals surface area contributed by atoms with Crippen molar-refractivity contribution >= 4 is 18.0 Å². The van der Waals surface area contributed by atoms with E-state index in [4.69, 9.17) is 9.47 Å². The first-order chi connectivity index (χ1) is 14.1. The van der Waals surface area contributed by atoms with E-state index in [1.54, 1.807) is 6.07 Å². The quantitative estimate of drug-likeness (QED) is 0.292. The number of carbonyl (C=O) groups is 1. The summed E-state index contributed by atoms with van der Waals surface area (Å²) in [5.41, 5.74) is 4.77. The van der Waals surface area contributed by atoms with Crippen molar-refractivity contribution in [2.24, 2.45) is 0 Å². The van der Waals surface area contributed by atoms with Gasteiger partial charge in [-0.05, 0) is 91.4 Å². The number of aryl methyl sites for hydroxylation is 2. The summed E-state index contributed by atoms with van der Waals surface area (Å²) in [6, 6.07) is 19.3. The minimum absolute atomic E-state index is 0.622. The smallest absolute Gasteiger partial charge is 0.150 e. The summed E-state index contributed by atoms with van der Waals surface area (Å²) in [4.78, 5) is 11.4. The highest BCUT2D eigenvalue weighted by molar-refractivity contribution is 7.98. The SMILES string of the molecule is CSCCCOc1cc(C)c(-c2cc(C=O)ccc2Oc2ccccc2)c(C)c1. The van der Waals surface area contributed by atoms with Crippen LogP contribution in [0.1, 0.15) is 27.9 Å². The van der Waals surface area contributed by atoms with Gasteiger partial charge in [-0.1, -0.05) is 18.2 Å². The summed E-state index contributed by atoms with van der Waals surface area (Å²) in [6.45, 7) is 4.84. The zero-order valence-electron chi connectivity index (χ0n) is 17.1. The van der Waals surface area contributed by atoms with Crippen molar-refractivity contribution in [1.82, 2.24) is 0 Å². The summed E-state index contributed by atoms with van der Waals surface area (Å²) in [5, 5.41) is 0. The highest BCUT2D eigenvalue weighted by atomic mass is 32.2. The first kappa shape index (κ1) is 21.0. The van der Waals surface area contributed by atoms with Crippen LogP contribution in [0.2, 0.25) is 0 Å². The molecule has 0 aliphatic heterocycles. The summed E-state index contributed by atoms with van der Waals surface area (Å²) >= 11 is 1.83. The van der Waals surface area contributed by atoms with E-state index in [1.165, 1.54) is 0 Å². The molecule has 0 heterocycles. The zero-order valence-corrected chi connectivity index (χ0v) is 17.9. The molecule has 0 atom stereocenters. The van der Waals surface area contributed by atoms with Gasteiger partial charge in [0.25, 0.3) is 0 Å². The molecule has 0 amide bonds. The van der Waals surface area contributed by atoms with Crippen LogP contribution < -0.4 is 9.47 Å². The Hall–Kier alpha value is -2.72. The van der Waals surface area contributed by atoms with Gasteiger partial charge in [0, 0.05) is 11.1 Å². The maximum absolute atomic E-state index is 11.4. The predicted octanol–water partition coefficient (Wildman–Crippen LogP) is 6.71. The molecule has 150 valence electrons. The fraction of sp³-hybridized carbons (Fsp3) is 0.240. The van der Waals surface area contributed by atoms with Crippen LogP contribution >= 0.6 is 11.8 Å². The van der Waals surface area contributed by atoms with Gasteiger partial charge in [-0.2, -0.15) is 11.8 Å². The Balaban J connectivity index is 1.97. The number of hydrogen-bond acceptors (Lipinski definition) is 4. The molecule has 0 radical (unpaired) electrons. The Labute approximate surface area is 177 Å². The molecule has 0 aromatic heterocycles. The van der Waals surface area contributed by atoms with Crippen molar-refractivity contribution in [1.29, 1.82) is 0 Å². The third-order valence-corrected chi connectivity index (χ3v) is 5.34. The minimum Gasteiger partial charge on any atom is -0.494 e. The lowest BCUT2D eigenvalue weighted by atomic mass is 9.93. The van der Waals surface area contributed by atoms with Crippen LogP contribution in [0.4, 0.5) is 0 Å². The number of ether oxygens (including phenoxy) is 2. The third-order valence-electron chi connectivity index (χ3n) is 4.65. The second-order valence-electron chi connectivity index (χ2n) is 6.92. The molecule has 0 aliphatic rings. The normalized spacial score (nSPS) is 10.6. The first-order valence-electron chi connectivity index (χ1n) is 9.68. The van der Waals surface area contributed by atoms with Crippen molar-refractivity contribution in [2.75, 3.05) is 18.6 Å². The fourth-order valence-electron chi connectivity index (χ4n) is 3.35. The van der Waals surface area contributed by atoms with E-state index in [0.717, 1.165) is 58.0 Å². The molecule has 3 aromatic rings. The molecule has 0 fully saturated rings. The number of thioether (sulfide) groups is 1. The monoisotopic (exact) mass is 406 g/mol. The molecular weight excluding hydrogens is 380 g/mol. The number of aldehydes is 1. The van der Waals surface area contributed by atoms with E-state index in [-0.39, 0.29) is 0 Å². The Kier molecular flexibility index (Phi) is 7.36. The lowest BCUT2D eigenvalue weighted by molar-refractivity contribution is 0.112. The molecule has 3 rings (SSSR count). The molecule has 3 aromatic carbocycles. The van der Waals surface area contributed by atoms with Gasteiger partial charge in [-0.15, -0.1) is 0 Å². The fourth-order valence-corrected chi connectivity index (χ4v) is 3.75. The van der Waals surface area contributed by atoms with Crippen LogP contribution in [-0.4, -0.2) is 24.9 Å². The van der Waals surface area contributed by atoms with Crippen LogP contribution in [0.3, 0.4) is 0 Å². The van der Waals surface area contributed by atoms with Crippen molar-refractivity contribution in [3.8, 4) is 28.4 Å². The number of hydrogen-bond donors (Lipinski definition) is 0. The molecule has 29 heavy (non-hydrogen) atoms. The standard InChI is InChI=1S/C25H26O3S/c1-18-14-22(27-12-7-13-29-3)15-19(2)25(18)23-16-20(17-26)10-11-24(23)28-21-8-5-4-6-9-21/h4-6,8-11,14-17H,7,12-13H2,1-3H3. The van der Waals surface area contributed by atoms with Gasteiger partial charge in [0.2, 0.25) is 0 Å². The molecular formula is C25H26O3S. The van der Waals surface area contributed by atoms with Gasteiger partial charge >= 0.3 is 0 Å². The molecule has 0 aliphatic carbocycles. The highest BCUT2D eigenvalue weighted by Crippen LogP contribution is 2.39. The van der Waals surface area contributed by atoms with Gasteiger partial charge in [0.15, 0.2) is 0 Å². The highest BCUT2D eigenvalue weighted by Gasteiger charge is 2.15. The second kappa shape index (κ2) is 10.2. The van der Waals surface area contributed by atoms with Gasteiger partial charge in [0.05, 0.1) is 6.61 Å². The topological polar surface area (TPSA) is 35.5 Å². The van der Waals surface area contributed by atoms with Gasteiger partial charge < -0.3 is 9.47 Å². The van der Waals surface area contributed by atoms with Crippen LogP contribution in [0.5, 0.6) is 17.2 Å². The molecule has 0 saturated heterocycles. The lowest BCUT2D eigenvalue weighted by Crippen LogP contribution is -2.00. The van der Waals surface area contributed by atoms with Crippen molar-refractivity contribution in [3.63, 3.8) is 0 Å². The summed E-state index contributed by atoms with van der Waals surface area (Å²) in [7, 11) is 0. The summed E-state index contributed by atoms with van der Waals surface area (Å²) < 4.78 is 12.1. The van der Waals surface area contributed by atoms with Gasteiger partial charge in [-0.3, -0.25) is 4.79 Å². The molecule has 0 spiro atoms. The predicted molar refractivity (Wildman–Crippen MR) is 122 cm³/mol. The van der Waals surface area contributed by atoms with Crippen molar-refractivity contribution in [2.45, 2.75) is 20.3 Å². The largest absolute Gasteiger partial charge is 0.494 e. The van der Waals surface area contributed by atoms with E-state index in [0.29, 0.717) is 12.2 Å². The number of para-hydroxylation sites is 1. The van der Waals surface area contributed by atoms with Crippen LogP contribution in [-0.2, 0) is 0 Å². The van der Waals surface area contributed by atoms with Crippen molar-refractivity contribution < 1.29 is 14.3 Å². The molecule has 0 unspecified atom stereocenters. The summed E-state index contributed by atoms with van der Waals surface area (Å²) in [5.74, 6) is 3.45. The molecule has 0 N–H and O–H groups in total. The van der Waals surface area contributed by atoms with Crippen LogP contribution in [0.25, 0.3) is 11.1 Å². The number of carbonyl (C=O) groups excluding carboxylic acids is 1. The number of benzene rings is 3.